The summed E-state index contributed by atoms with van der Waals surface area (Å²) >= 11 is 1.91. The highest BCUT2D eigenvalue weighted by molar-refractivity contribution is 7.11. The first-order valence-electron chi connectivity index (χ1n) is 7.78. The van der Waals surface area contributed by atoms with E-state index in [9.17, 15) is 0 Å². The molecular weight excluding hydrogens is 284 g/mol. The van der Waals surface area contributed by atoms with Crippen LogP contribution in [-0.4, -0.2) is 52.0 Å². The zero-order chi connectivity index (χ0) is 15.3. The number of methoxy groups -OCH3 is 2. The second-order valence-corrected chi connectivity index (χ2v) is 6.41. The lowest BCUT2D eigenvalue weighted by molar-refractivity contribution is 0.130. The van der Waals surface area contributed by atoms with E-state index in [1.165, 1.54) is 16.2 Å². The average Bonchev–Trinajstić information content (AvgIpc) is 2.92. The van der Waals surface area contributed by atoms with Crippen LogP contribution >= 0.6 is 11.3 Å². The maximum absolute atomic E-state index is 5.21. The summed E-state index contributed by atoms with van der Waals surface area (Å²) in [7, 11) is 3.52. The van der Waals surface area contributed by atoms with Crippen LogP contribution in [0, 0.1) is 0 Å². The van der Waals surface area contributed by atoms with Gasteiger partial charge in [0.05, 0.1) is 6.61 Å². The normalized spacial score (nSPS) is 11.4. The molecule has 0 fully saturated rings. The van der Waals surface area contributed by atoms with Gasteiger partial charge in [-0.1, -0.05) is 6.92 Å². The monoisotopic (exact) mass is 314 g/mol. The summed E-state index contributed by atoms with van der Waals surface area (Å²) in [5, 5.41) is 3.45. The molecule has 5 heteroatoms. The summed E-state index contributed by atoms with van der Waals surface area (Å²) in [5.74, 6) is 0. The maximum Gasteiger partial charge on any atom is 0.0589 e. The van der Waals surface area contributed by atoms with E-state index in [2.05, 4.69) is 29.3 Å². The second kappa shape index (κ2) is 12.1. The molecule has 0 atom stereocenters. The zero-order valence-corrected chi connectivity index (χ0v) is 14.5. The van der Waals surface area contributed by atoms with Crippen molar-refractivity contribution in [3.05, 3.63) is 21.9 Å². The summed E-state index contributed by atoms with van der Waals surface area (Å²) in [6.07, 6.45) is 2.25. The second-order valence-electron chi connectivity index (χ2n) is 5.16. The predicted octanol–water partition coefficient (Wildman–Crippen LogP) is 2.73. The molecule has 0 aliphatic carbocycles. The van der Waals surface area contributed by atoms with E-state index >= 15 is 0 Å². The Morgan fingerprint density at radius 2 is 1.86 bits per heavy atom. The van der Waals surface area contributed by atoms with Gasteiger partial charge in [0, 0.05) is 56.8 Å². The minimum Gasteiger partial charge on any atom is -0.385 e. The molecule has 0 saturated carbocycles. The number of hydrogen-bond acceptors (Lipinski definition) is 5. The molecule has 1 rings (SSSR count). The molecule has 1 aromatic heterocycles. The van der Waals surface area contributed by atoms with Gasteiger partial charge in [-0.3, -0.25) is 4.90 Å². The molecule has 0 amide bonds. The summed E-state index contributed by atoms with van der Waals surface area (Å²) < 4.78 is 10.3. The van der Waals surface area contributed by atoms with Gasteiger partial charge in [0.25, 0.3) is 0 Å². The smallest absolute Gasteiger partial charge is 0.0589 e. The van der Waals surface area contributed by atoms with Crippen molar-refractivity contribution >= 4 is 11.3 Å². The van der Waals surface area contributed by atoms with E-state index in [1.54, 1.807) is 14.2 Å². The maximum atomic E-state index is 5.21. The Hall–Kier alpha value is -0.460. The average molecular weight is 314 g/mol. The molecule has 1 heterocycles. The molecule has 0 aliphatic heterocycles. The van der Waals surface area contributed by atoms with Crippen molar-refractivity contribution in [3.8, 4) is 0 Å². The summed E-state index contributed by atoms with van der Waals surface area (Å²) in [6.45, 7) is 8.90. The third kappa shape index (κ3) is 8.53. The van der Waals surface area contributed by atoms with Crippen molar-refractivity contribution in [2.45, 2.75) is 32.9 Å². The highest BCUT2D eigenvalue weighted by atomic mass is 32.1. The van der Waals surface area contributed by atoms with Crippen LogP contribution in [0.3, 0.4) is 0 Å². The van der Waals surface area contributed by atoms with Gasteiger partial charge in [-0.2, -0.15) is 0 Å². The standard InChI is InChI=1S/C16H30N2O2S/c1-4-8-17-13-15-6-7-16(21-15)14-18(10-12-20-3)9-5-11-19-2/h6-7,17H,4-5,8-14H2,1-3H3. The Balaban J connectivity index is 2.40. The van der Waals surface area contributed by atoms with Crippen molar-refractivity contribution in [2.75, 3.05) is 47.1 Å². The van der Waals surface area contributed by atoms with Gasteiger partial charge in [0.2, 0.25) is 0 Å². The number of thiophene rings is 1. The Kier molecular flexibility index (Phi) is 10.7. The molecule has 0 aromatic carbocycles. The van der Waals surface area contributed by atoms with Gasteiger partial charge in [-0.25, -0.2) is 0 Å². The minimum atomic E-state index is 0.781. The van der Waals surface area contributed by atoms with Crippen molar-refractivity contribution in [2.24, 2.45) is 0 Å². The third-order valence-corrected chi connectivity index (χ3v) is 4.33. The molecular formula is C16H30N2O2S. The molecule has 122 valence electrons. The van der Waals surface area contributed by atoms with Crippen molar-refractivity contribution in [1.82, 2.24) is 10.2 Å². The van der Waals surface area contributed by atoms with Gasteiger partial charge in [-0.05, 0) is 31.5 Å². The van der Waals surface area contributed by atoms with E-state index in [0.29, 0.717) is 0 Å². The zero-order valence-electron chi connectivity index (χ0n) is 13.7. The third-order valence-electron chi connectivity index (χ3n) is 3.26. The van der Waals surface area contributed by atoms with Crippen molar-refractivity contribution < 1.29 is 9.47 Å². The fraction of sp³-hybridized carbons (Fsp3) is 0.750. The minimum absolute atomic E-state index is 0.781. The number of hydrogen-bond donors (Lipinski definition) is 1. The first-order valence-corrected chi connectivity index (χ1v) is 8.60. The van der Waals surface area contributed by atoms with Gasteiger partial charge < -0.3 is 14.8 Å². The fourth-order valence-electron chi connectivity index (χ4n) is 2.13. The summed E-state index contributed by atoms with van der Waals surface area (Å²) in [5.41, 5.74) is 0. The molecule has 0 saturated heterocycles. The highest BCUT2D eigenvalue weighted by Gasteiger charge is 2.08. The van der Waals surface area contributed by atoms with Crippen LogP contribution in [0.2, 0.25) is 0 Å². The first-order chi connectivity index (χ1) is 10.3. The molecule has 0 unspecified atom stereocenters. The van der Waals surface area contributed by atoms with E-state index in [1.807, 2.05) is 11.3 Å². The number of nitrogens with one attached hydrogen (secondary N) is 1. The van der Waals surface area contributed by atoms with Gasteiger partial charge in [0.15, 0.2) is 0 Å². The lowest BCUT2D eigenvalue weighted by atomic mass is 10.3. The SMILES string of the molecule is CCCNCc1ccc(CN(CCCOC)CCOC)s1. The highest BCUT2D eigenvalue weighted by Crippen LogP contribution is 2.18. The van der Waals surface area contributed by atoms with E-state index in [-0.39, 0.29) is 0 Å². The molecule has 0 bridgehead atoms. The predicted molar refractivity (Wildman–Crippen MR) is 90.0 cm³/mol. The molecule has 0 radical (unpaired) electrons. The number of nitrogens with zero attached hydrogens (tertiary/aromatic N) is 1. The first kappa shape index (κ1) is 18.6. The number of ether oxygens (including phenoxy) is 2. The summed E-state index contributed by atoms with van der Waals surface area (Å²) in [4.78, 5) is 5.29. The van der Waals surface area contributed by atoms with Crippen LogP contribution in [0.4, 0.5) is 0 Å². The molecule has 0 spiro atoms. The van der Waals surface area contributed by atoms with Crippen LogP contribution in [0.15, 0.2) is 12.1 Å². The Bertz CT molecular complexity index is 358. The molecule has 21 heavy (non-hydrogen) atoms. The Morgan fingerprint density at radius 3 is 2.57 bits per heavy atom. The van der Waals surface area contributed by atoms with E-state index in [0.717, 1.165) is 52.4 Å². The Morgan fingerprint density at radius 1 is 1.10 bits per heavy atom. The molecule has 1 aromatic rings. The molecule has 0 aliphatic rings. The van der Waals surface area contributed by atoms with Crippen LogP contribution in [-0.2, 0) is 22.6 Å². The van der Waals surface area contributed by atoms with Gasteiger partial charge in [-0.15, -0.1) is 11.3 Å². The van der Waals surface area contributed by atoms with E-state index < -0.39 is 0 Å². The van der Waals surface area contributed by atoms with Crippen LogP contribution in [0.25, 0.3) is 0 Å². The van der Waals surface area contributed by atoms with Crippen LogP contribution < -0.4 is 5.32 Å². The van der Waals surface area contributed by atoms with Gasteiger partial charge >= 0.3 is 0 Å². The molecule has 4 nitrogen and oxygen atoms in total. The van der Waals surface area contributed by atoms with Crippen LogP contribution in [0.1, 0.15) is 29.5 Å². The number of rotatable bonds is 13. The largest absolute Gasteiger partial charge is 0.385 e. The summed E-state index contributed by atoms with van der Waals surface area (Å²) in [6, 6.07) is 4.50. The molecule has 1 N–H and O–H groups in total. The lowest BCUT2D eigenvalue weighted by Gasteiger charge is -2.21. The topological polar surface area (TPSA) is 33.7 Å². The Labute approximate surface area is 133 Å². The lowest BCUT2D eigenvalue weighted by Crippen LogP contribution is -2.28. The quantitative estimate of drug-likeness (QED) is 0.568. The van der Waals surface area contributed by atoms with Crippen molar-refractivity contribution in [1.29, 1.82) is 0 Å². The fourth-order valence-corrected chi connectivity index (χ4v) is 3.16. The van der Waals surface area contributed by atoms with Crippen molar-refractivity contribution in [3.63, 3.8) is 0 Å². The van der Waals surface area contributed by atoms with Crippen LogP contribution in [0.5, 0.6) is 0 Å². The van der Waals surface area contributed by atoms with E-state index in [4.69, 9.17) is 9.47 Å². The van der Waals surface area contributed by atoms with Gasteiger partial charge in [0.1, 0.15) is 0 Å².